The molecule has 0 radical (unpaired) electrons. The Labute approximate surface area is 140 Å². The lowest BCUT2D eigenvalue weighted by Gasteiger charge is -2.20. The van der Waals surface area contributed by atoms with Gasteiger partial charge in [0, 0.05) is 18.5 Å². The first-order chi connectivity index (χ1) is 11.0. The van der Waals surface area contributed by atoms with Crippen molar-refractivity contribution in [2.45, 2.75) is 20.0 Å². The molecule has 126 valence electrons. The Kier molecular flexibility index (Phi) is 5.92. The fraction of sp³-hybridized carbons (Fsp3) is 0.500. The van der Waals surface area contributed by atoms with Crippen LogP contribution < -0.4 is 0 Å². The van der Waals surface area contributed by atoms with Crippen LogP contribution in [0.1, 0.15) is 18.7 Å². The number of carbonyl (C=O) groups excluding carboxylic acids is 2. The van der Waals surface area contributed by atoms with E-state index in [-0.39, 0.29) is 31.1 Å². The van der Waals surface area contributed by atoms with Crippen LogP contribution in [0.3, 0.4) is 0 Å². The van der Waals surface area contributed by atoms with Gasteiger partial charge in [0.25, 0.3) is 11.8 Å². The van der Waals surface area contributed by atoms with Crippen molar-refractivity contribution < 1.29 is 19.4 Å². The first-order valence-corrected chi connectivity index (χ1v) is 8.43. The second-order valence-corrected chi connectivity index (χ2v) is 6.48. The number of aliphatic hydroxyl groups excluding tert-OH is 1. The van der Waals surface area contributed by atoms with E-state index in [4.69, 9.17) is 9.84 Å². The molecule has 0 saturated carbocycles. The highest BCUT2D eigenvalue weighted by atomic mass is 32.1. The molecule has 0 fully saturated rings. The molecule has 1 aliphatic heterocycles. The molecule has 1 aromatic rings. The molecule has 7 heteroatoms. The first kappa shape index (κ1) is 17.7. The zero-order valence-corrected chi connectivity index (χ0v) is 14.4. The highest BCUT2D eigenvalue weighted by molar-refractivity contribution is 7.11. The Morgan fingerprint density at radius 1 is 1.35 bits per heavy atom. The molecule has 0 bridgehead atoms. The third-order valence-corrected chi connectivity index (χ3v) is 4.38. The van der Waals surface area contributed by atoms with E-state index in [9.17, 15) is 9.59 Å². The van der Waals surface area contributed by atoms with Gasteiger partial charge in [-0.25, -0.2) is 0 Å². The molecule has 1 aromatic heterocycles. The molecule has 6 nitrogen and oxygen atoms in total. The Hall–Kier alpha value is -1.70. The van der Waals surface area contributed by atoms with Crippen molar-refractivity contribution >= 4 is 28.7 Å². The summed E-state index contributed by atoms with van der Waals surface area (Å²) in [5, 5.41) is 11.0. The van der Waals surface area contributed by atoms with Gasteiger partial charge in [-0.15, -0.1) is 11.3 Å². The van der Waals surface area contributed by atoms with Gasteiger partial charge in [0.1, 0.15) is 5.70 Å². The fourth-order valence-corrected chi connectivity index (χ4v) is 3.17. The van der Waals surface area contributed by atoms with Gasteiger partial charge in [-0.05, 0) is 25.3 Å². The minimum atomic E-state index is -0.332. The Bertz CT molecular complexity index is 595. The van der Waals surface area contributed by atoms with E-state index in [0.717, 1.165) is 4.88 Å². The highest BCUT2D eigenvalue weighted by Crippen LogP contribution is 2.33. The van der Waals surface area contributed by atoms with Crippen LogP contribution in [-0.4, -0.2) is 66.2 Å². The standard InChI is InChI=1S/C16H22N2O4S/c1-11(2)22-9-7-18-15(20)13(12-5-4-10-23-12)14(16(18)21)17(3)6-8-19/h4-5,10-11,19H,6-9H2,1-3H3. The lowest BCUT2D eigenvalue weighted by Crippen LogP contribution is -2.37. The third-order valence-electron chi connectivity index (χ3n) is 3.49. The van der Waals surface area contributed by atoms with Crippen molar-refractivity contribution in [1.29, 1.82) is 0 Å². The Balaban J connectivity index is 2.28. The molecule has 2 amide bonds. The van der Waals surface area contributed by atoms with Crippen LogP contribution in [-0.2, 0) is 14.3 Å². The molecule has 1 N–H and O–H groups in total. The lowest BCUT2D eigenvalue weighted by molar-refractivity contribution is -0.138. The zero-order chi connectivity index (χ0) is 17.0. The van der Waals surface area contributed by atoms with Crippen LogP contribution in [0.4, 0.5) is 0 Å². The summed E-state index contributed by atoms with van der Waals surface area (Å²) in [6.07, 6.45) is 0.0454. The van der Waals surface area contributed by atoms with Crippen LogP contribution in [0.2, 0.25) is 0 Å². The molecule has 0 unspecified atom stereocenters. The highest BCUT2D eigenvalue weighted by Gasteiger charge is 2.40. The van der Waals surface area contributed by atoms with Gasteiger partial charge in [-0.2, -0.15) is 0 Å². The maximum absolute atomic E-state index is 12.7. The van der Waals surface area contributed by atoms with Gasteiger partial charge < -0.3 is 14.7 Å². The normalized spacial score (nSPS) is 15.3. The molecule has 0 aliphatic carbocycles. The average molecular weight is 338 g/mol. The summed E-state index contributed by atoms with van der Waals surface area (Å²) in [6, 6.07) is 3.67. The number of imide groups is 1. The van der Waals surface area contributed by atoms with Crippen molar-refractivity contribution in [3.8, 4) is 0 Å². The minimum Gasteiger partial charge on any atom is -0.395 e. The van der Waals surface area contributed by atoms with E-state index < -0.39 is 0 Å². The SMILES string of the molecule is CC(C)OCCN1C(=O)C(c2cccs2)=C(N(C)CCO)C1=O. The monoisotopic (exact) mass is 338 g/mol. The number of hydrogen-bond acceptors (Lipinski definition) is 6. The molecule has 0 aromatic carbocycles. The van der Waals surface area contributed by atoms with E-state index >= 15 is 0 Å². The maximum atomic E-state index is 12.7. The summed E-state index contributed by atoms with van der Waals surface area (Å²) in [5.74, 6) is -0.633. The number of likely N-dealkylation sites (N-methyl/N-ethyl adjacent to an activating group) is 1. The predicted octanol–water partition coefficient (Wildman–Crippen LogP) is 1.18. The van der Waals surface area contributed by atoms with E-state index in [1.54, 1.807) is 11.9 Å². The molecule has 0 spiro atoms. The largest absolute Gasteiger partial charge is 0.395 e. The quantitative estimate of drug-likeness (QED) is 0.721. The molecule has 2 heterocycles. The van der Waals surface area contributed by atoms with Gasteiger partial charge in [0.05, 0.1) is 31.4 Å². The summed E-state index contributed by atoms with van der Waals surface area (Å²) in [5.41, 5.74) is 0.751. The molecular formula is C16H22N2O4S. The summed E-state index contributed by atoms with van der Waals surface area (Å²) < 4.78 is 5.45. The van der Waals surface area contributed by atoms with Gasteiger partial charge in [-0.3, -0.25) is 14.5 Å². The van der Waals surface area contributed by atoms with Crippen molar-refractivity contribution in [3.05, 3.63) is 28.1 Å². The maximum Gasteiger partial charge on any atom is 0.277 e. The number of nitrogens with zero attached hydrogens (tertiary/aromatic N) is 2. The van der Waals surface area contributed by atoms with Crippen LogP contribution in [0.5, 0.6) is 0 Å². The van der Waals surface area contributed by atoms with Crippen molar-refractivity contribution in [3.63, 3.8) is 0 Å². The van der Waals surface area contributed by atoms with Crippen molar-refractivity contribution in [2.24, 2.45) is 0 Å². The number of ether oxygens (including phenoxy) is 1. The van der Waals surface area contributed by atoms with E-state index in [1.165, 1.54) is 16.2 Å². The van der Waals surface area contributed by atoms with E-state index in [1.807, 2.05) is 31.4 Å². The van der Waals surface area contributed by atoms with Crippen LogP contribution in [0, 0.1) is 0 Å². The van der Waals surface area contributed by atoms with Gasteiger partial charge in [0.15, 0.2) is 0 Å². The smallest absolute Gasteiger partial charge is 0.277 e. The van der Waals surface area contributed by atoms with E-state index in [0.29, 0.717) is 24.4 Å². The van der Waals surface area contributed by atoms with E-state index in [2.05, 4.69) is 0 Å². The van der Waals surface area contributed by atoms with Crippen LogP contribution in [0.15, 0.2) is 23.2 Å². The van der Waals surface area contributed by atoms with Crippen LogP contribution >= 0.6 is 11.3 Å². The van der Waals surface area contributed by atoms with Crippen LogP contribution in [0.25, 0.3) is 5.57 Å². The van der Waals surface area contributed by atoms with Crippen molar-refractivity contribution in [1.82, 2.24) is 9.80 Å². The number of hydrogen-bond donors (Lipinski definition) is 1. The third kappa shape index (κ3) is 3.80. The molecule has 2 rings (SSSR count). The lowest BCUT2D eigenvalue weighted by atomic mass is 10.2. The molecular weight excluding hydrogens is 316 g/mol. The van der Waals surface area contributed by atoms with Crippen molar-refractivity contribution in [2.75, 3.05) is 33.4 Å². The minimum absolute atomic E-state index is 0.0454. The second kappa shape index (κ2) is 7.72. The predicted molar refractivity (Wildman–Crippen MR) is 88.8 cm³/mol. The topological polar surface area (TPSA) is 70.1 Å². The summed E-state index contributed by atoms with van der Waals surface area (Å²) in [7, 11) is 1.71. The molecule has 1 aliphatic rings. The Morgan fingerprint density at radius 3 is 2.65 bits per heavy atom. The molecule has 0 atom stereocenters. The summed E-state index contributed by atoms with van der Waals surface area (Å²) in [6.45, 7) is 4.55. The van der Waals surface area contributed by atoms with Gasteiger partial charge >= 0.3 is 0 Å². The summed E-state index contributed by atoms with van der Waals surface area (Å²) >= 11 is 1.42. The zero-order valence-electron chi connectivity index (χ0n) is 13.6. The average Bonchev–Trinajstić information content (AvgIpc) is 3.08. The first-order valence-electron chi connectivity index (χ1n) is 7.55. The Morgan fingerprint density at radius 2 is 2.09 bits per heavy atom. The second-order valence-electron chi connectivity index (χ2n) is 5.53. The number of thiophene rings is 1. The van der Waals surface area contributed by atoms with Gasteiger partial charge in [-0.1, -0.05) is 6.07 Å². The number of aliphatic hydroxyl groups is 1. The summed E-state index contributed by atoms with van der Waals surface area (Å²) in [4.78, 5) is 29.0. The number of amides is 2. The molecule has 23 heavy (non-hydrogen) atoms. The molecule has 0 saturated heterocycles. The number of carbonyl (C=O) groups is 2. The number of rotatable bonds is 8. The fourth-order valence-electron chi connectivity index (χ4n) is 2.40. The van der Waals surface area contributed by atoms with Gasteiger partial charge in [0.2, 0.25) is 0 Å².